The predicted molar refractivity (Wildman–Crippen MR) is 66.8 cm³/mol. The highest BCUT2D eigenvalue weighted by atomic mass is 16.5. The van der Waals surface area contributed by atoms with Crippen LogP contribution in [-0.4, -0.2) is 18.5 Å². The molecule has 0 aromatic rings. The van der Waals surface area contributed by atoms with Crippen molar-refractivity contribution < 1.29 is 9.53 Å². The van der Waals surface area contributed by atoms with E-state index in [1.807, 2.05) is 0 Å². The number of ether oxygens (including phenoxy) is 1. The van der Waals surface area contributed by atoms with Gasteiger partial charge >= 0.3 is 0 Å². The molecule has 3 atom stereocenters. The Hall–Kier alpha value is -0.370. The van der Waals surface area contributed by atoms with E-state index in [1.165, 1.54) is 38.5 Å². The van der Waals surface area contributed by atoms with Crippen LogP contribution in [0.1, 0.15) is 57.8 Å². The van der Waals surface area contributed by atoms with Gasteiger partial charge in [0, 0.05) is 18.9 Å². The van der Waals surface area contributed by atoms with Crippen molar-refractivity contribution in [2.45, 2.75) is 63.9 Å². The van der Waals surface area contributed by atoms with Crippen LogP contribution in [0.4, 0.5) is 0 Å². The van der Waals surface area contributed by atoms with Crippen molar-refractivity contribution in [1.82, 2.24) is 0 Å². The minimum Gasteiger partial charge on any atom is -0.378 e. The summed E-state index contributed by atoms with van der Waals surface area (Å²) >= 11 is 0. The van der Waals surface area contributed by atoms with Gasteiger partial charge in [-0.15, -0.1) is 0 Å². The topological polar surface area (TPSA) is 26.3 Å². The van der Waals surface area contributed by atoms with Gasteiger partial charge in [0.15, 0.2) is 0 Å². The summed E-state index contributed by atoms with van der Waals surface area (Å²) in [5.74, 6) is 2.62. The van der Waals surface area contributed by atoms with Gasteiger partial charge in [-0.05, 0) is 50.4 Å². The number of Topliss-reactive ketones (excluding diaryl/α,β-unsaturated/α-hetero) is 1. The molecule has 0 aromatic heterocycles. The first kappa shape index (κ1) is 11.7. The number of carbonyl (C=O) groups excluding carboxylic acids is 1. The highest BCUT2D eigenvalue weighted by molar-refractivity contribution is 5.84. The van der Waals surface area contributed by atoms with Crippen LogP contribution in [0, 0.1) is 17.8 Å². The molecule has 1 aliphatic heterocycles. The van der Waals surface area contributed by atoms with Gasteiger partial charge in [-0.3, -0.25) is 4.79 Å². The number of fused-ring (bicyclic) bond motifs is 1. The normalized spacial score (nSPS) is 40.0. The zero-order valence-electron chi connectivity index (χ0n) is 10.7. The summed E-state index contributed by atoms with van der Waals surface area (Å²) in [6.45, 7) is 0.936. The van der Waals surface area contributed by atoms with E-state index < -0.39 is 0 Å². The summed E-state index contributed by atoms with van der Waals surface area (Å²) in [5.41, 5.74) is 0. The smallest absolute Gasteiger partial charge is 0.136 e. The Morgan fingerprint density at radius 1 is 1.06 bits per heavy atom. The number of carbonyl (C=O) groups is 1. The van der Waals surface area contributed by atoms with Crippen LogP contribution in [-0.2, 0) is 9.53 Å². The van der Waals surface area contributed by atoms with Crippen molar-refractivity contribution in [2.75, 3.05) is 6.61 Å². The molecule has 2 nitrogen and oxygen atoms in total. The first-order chi connectivity index (χ1) is 8.36. The number of hydrogen-bond acceptors (Lipinski definition) is 2. The Morgan fingerprint density at radius 3 is 2.47 bits per heavy atom. The van der Waals surface area contributed by atoms with Gasteiger partial charge in [-0.2, -0.15) is 0 Å². The van der Waals surface area contributed by atoms with Crippen molar-refractivity contribution in [3.05, 3.63) is 0 Å². The third-order valence-electron chi connectivity index (χ3n) is 5.00. The SMILES string of the molecule is O=C(CCCC1CCCO1)C1C2CCCCC21. The summed E-state index contributed by atoms with van der Waals surface area (Å²) in [7, 11) is 0. The Bertz CT molecular complexity index is 269. The lowest BCUT2D eigenvalue weighted by Gasteiger charge is -2.07. The molecule has 3 unspecified atom stereocenters. The highest BCUT2D eigenvalue weighted by Crippen LogP contribution is 2.56. The number of ketones is 1. The Kier molecular flexibility index (Phi) is 3.51. The second-order valence-electron chi connectivity index (χ2n) is 6.13. The minimum atomic E-state index is 0.462. The van der Waals surface area contributed by atoms with Gasteiger partial charge in [-0.25, -0.2) is 0 Å². The molecule has 3 fully saturated rings. The molecule has 0 amide bonds. The molecule has 3 rings (SSSR count). The quantitative estimate of drug-likeness (QED) is 0.732. The maximum absolute atomic E-state index is 12.1. The lowest BCUT2D eigenvalue weighted by Crippen LogP contribution is -2.08. The molecule has 2 heteroatoms. The summed E-state index contributed by atoms with van der Waals surface area (Å²) in [4.78, 5) is 12.1. The average Bonchev–Trinajstić information content (AvgIpc) is 2.85. The van der Waals surface area contributed by atoms with Crippen molar-refractivity contribution in [2.24, 2.45) is 17.8 Å². The van der Waals surface area contributed by atoms with E-state index in [-0.39, 0.29) is 0 Å². The Morgan fingerprint density at radius 2 is 1.82 bits per heavy atom. The zero-order chi connectivity index (χ0) is 11.7. The second kappa shape index (κ2) is 5.09. The average molecular weight is 236 g/mol. The monoisotopic (exact) mass is 236 g/mol. The molecule has 0 aromatic carbocycles. The zero-order valence-corrected chi connectivity index (χ0v) is 10.7. The summed E-state index contributed by atoms with van der Waals surface area (Å²) < 4.78 is 5.59. The maximum Gasteiger partial charge on any atom is 0.136 e. The van der Waals surface area contributed by atoms with Crippen LogP contribution in [0.2, 0.25) is 0 Å². The van der Waals surface area contributed by atoms with Crippen molar-refractivity contribution in [1.29, 1.82) is 0 Å². The van der Waals surface area contributed by atoms with Gasteiger partial charge in [0.2, 0.25) is 0 Å². The van der Waals surface area contributed by atoms with Crippen LogP contribution < -0.4 is 0 Å². The van der Waals surface area contributed by atoms with Crippen LogP contribution in [0.5, 0.6) is 0 Å². The molecular formula is C15H24O2. The molecule has 96 valence electrons. The van der Waals surface area contributed by atoms with Gasteiger partial charge in [-0.1, -0.05) is 12.8 Å². The lowest BCUT2D eigenvalue weighted by atomic mass is 10.0. The van der Waals surface area contributed by atoms with E-state index in [0.717, 1.165) is 37.7 Å². The van der Waals surface area contributed by atoms with Crippen molar-refractivity contribution in [3.8, 4) is 0 Å². The molecule has 2 aliphatic carbocycles. The second-order valence-corrected chi connectivity index (χ2v) is 6.13. The standard InChI is InChI=1S/C15H24O2/c16-14(9-3-5-11-6-4-10-17-11)15-12-7-1-2-8-13(12)15/h11-13,15H,1-10H2. The third-order valence-corrected chi connectivity index (χ3v) is 5.00. The molecule has 0 radical (unpaired) electrons. The first-order valence-electron chi connectivity index (χ1n) is 7.50. The molecule has 0 bridgehead atoms. The molecule has 0 N–H and O–H groups in total. The third kappa shape index (κ3) is 2.57. The molecule has 1 saturated heterocycles. The Labute approximate surface area is 104 Å². The number of hydrogen-bond donors (Lipinski definition) is 0. The molecule has 2 saturated carbocycles. The molecule has 17 heavy (non-hydrogen) atoms. The highest BCUT2D eigenvalue weighted by Gasteiger charge is 2.53. The van der Waals surface area contributed by atoms with Crippen LogP contribution in [0.3, 0.4) is 0 Å². The van der Waals surface area contributed by atoms with Gasteiger partial charge in [0.1, 0.15) is 5.78 Å². The summed E-state index contributed by atoms with van der Waals surface area (Å²) in [6, 6.07) is 0. The minimum absolute atomic E-state index is 0.462. The molecule has 0 spiro atoms. The first-order valence-corrected chi connectivity index (χ1v) is 7.50. The predicted octanol–water partition coefficient (Wildman–Crippen LogP) is 3.34. The van der Waals surface area contributed by atoms with E-state index in [2.05, 4.69) is 0 Å². The summed E-state index contributed by atoms with van der Waals surface area (Å²) in [5, 5.41) is 0. The van der Waals surface area contributed by atoms with Crippen LogP contribution in [0.15, 0.2) is 0 Å². The van der Waals surface area contributed by atoms with E-state index in [1.54, 1.807) is 0 Å². The van der Waals surface area contributed by atoms with E-state index in [9.17, 15) is 4.79 Å². The van der Waals surface area contributed by atoms with Gasteiger partial charge in [0.05, 0.1) is 6.10 Å². The van der Waals surface area contributed by atoms with Gasteiger partial charge < -0.3 is 4.74 Å². The van der Waals surface area contributed by atoms with Crippen LogP contribution in [0.25, 0.3) is 0 Å². The van der Waals surface area contributed by atoms with Crippen LogP contribution >= 0.6 is 0 Å². The van der Waals surface area contributed by atoms with E-state index >= 15 is 0 Å². The maximum atomic E-state index is 12.1. The molecular weight excluding hydrogens is 212 g/mol. The van der Waals surface area contributed by atoms with Gasteiger partial charge in [0.25, 0.3) is 0 Å². The fourth-order valence-corrected chi connectivity index (χ4v) is 4.01. The summed E-state index contributed by atoms with van der Waals surface area (Å²) in [6.07, 6.45) is 11.2. The number of rotatable bonds is 5. The lowest BCUT2D eigenvalue weighted by molar-refractivity contribution is -0.121. The molecule has 1 heterocycles. The Balaban J connectivity index is 1.36. The van der Waals surface area contributed by atoms with E-state index in [4.69, 9.17) is 4.74 Å². The largest absolute Gasteiger partial charge is 0.378 e. The van der Waals surface area contributed by atoms with Crippen molar-refractivity contribution in [3.63, 3.8) is 0 Å². The van der Waals surface area contributed by atoms with E-state index in [0.29, 0.717) is 17.8 Å². The fraction of sp³-hybridized carbons (Fsp3) is 0.933. The fourth-order valence-electron chi connectivity index (χ4n) is 4.01. The molecule has 3 aliphatic rings. The van der Waals surface area contributed by atoms with Crippen molar-refractivity contribution >= 4 is 5.78 Å².